The van der Waals surface area contributed by atoms with Crippen molar-refractivity contribution in [3.05, 3.63) is 93.5 Å². The van der Waals surface area contributed by atoms with Gasteiger partial charge >= 0.3 is 0 Å². The zero-order chi connectivity index (χ0) is 26.4. The van der Waals surface area contributed by atoms with Gasteiger partial charge in [-0.25, -0.2) is 0 Å². The number of hydrogen-bond acceptors (Lipinski definition) is 6. The molecule has 0 radical (unpaired) electrons. The Balaban J connectivity index is 1.44. The highest BCUT2D eigenvalue weighted by Gasteiger charge is 2.29. The van der Waals surface area contributed by atoms with Crippen LogP contribution >= 0.6 is 23.2 Å². The maximum atomic E-state index is 12.6. The molecule has 0 amide bonds. The van der Waals surface area contributed by atoms with Gasteiger partial charge in [0, 0.05) is 16.5 Å². The van der Waals surface area contributed by atoms with Crippen molar-refractivity contribution in [2.45, 2.75) is 56.0 Å². The van der Waals surface area contributed by atoms with Crippen molar-refractivity contribution in [3.8, 4) is 5.75 Å². The highest BCUT2D eigenvalue weighted by molar-refractivity contribution is 7.86. The fourth-order valence-electron chi connectivity index (χ4n) is 4.16. The summed E-state index contributed by atoms with van der Waals surface area (Å²) in [6.45, 7) is 1.82. The maximum absolute atomic E-state index is 12.6. The van der Waals surface area contributed by atoms with Gasteiger partial charge in [-0.1, -0.05) is 59.1 Å². The molecule has 1 heterocycles. The van der Waals surface area contributed by atoms with Crippen LogP contribution in [0.2, 0.25) is 10.0 Å². The lowest BCUT2D eigenvalue weighted by atomic mass is 10.0. The Kier molecular flexibility index (Phi) is 9.51. The zero-order valence-electron chi connectivity index (χ0n) is 20.7. The van der Waals surface area contributed by atoms with Crippen molar-refractivity contribution in [1.82, 2.24) is 0 Å². The molecule has 1 fully saturated rings. The minimum absolute atomic E-state index is 0.0771. The summed E-state index contributed by atoms with van der Waals surface area (Å²) in [5.41, 5.74) is 2.81. The molecular formula is C28H30Cl2O6S. The van der Waals surface area contributed by atoms with Gasteiger partial charge in [-0.15, -0.1) is 0 Å². The maximum Gasteiger partial charge on any atom is 0.297 e. The van der Waals surface area contributed by atoms with E-state index in [1.54, 1.807) is 43.5 Å². The molecule has 0 aromatic heterocycles. The van der Waals surface area contributed by atoms with Crippen LogP contribution in [0.15, 0.2) is 71.6 Å². The lowest BCUT2D eigenvalue weighted by Crippen LogP contribution is -2.34. The summed E-state index contributed by atoms with van der Waals surface area (Å²) in [4.78, 5) is 0.126. The number of aryl methyl sites for hydroxylation is 1. The van der Waals surface area contributed by atoms with E-state index in [4.69, 9.17) is 41.6 Å². The molecule has 3 aromatic carbocycles. The molecule has 37 heavy (non-hydrogen) atoms. The lowest BCUT2D eigenvalue weighted by molar-refractivity contribution is -0.220. The van der Waals surface area contributed by atoms with Crippen molar-refractivity contribution in [1.29, 1.82) is 0 Å². The van der Waals surface area contributed by atoms with Gasteiger partial charge in [-0.05, 0) is 73.7 Å². The monoisotopic (exact) mass is 564 g/mol. The van der Waals surface area contributed by atoms with E-state index in [9.17, 15) is 8.42 Å². The SMILES string of the molecule is COc1ccc(C(Cc2ccc(Cl)cc2Cl)O[C@H]2CCC[C@H](COS(=O)(=O)c3ccc(C)cc3)O2)cc1. The minimum atomic E-state index is -3.87. The number of rotatable bonds is 10. The summed E-state index contributed by atoms with van der Waals surface area (Å²) in [6, 6.07) is 19.6. The van der Waals surface area contributed by atoms with E-state index >= 15 is 0 Å². The Morgan fingerprint density at radius 1 is 1.00 bits per heavy atom. The molecule has 1 saturated heterocycles. The second-order valence-corrected chi connectivity index (χ2v) is 11.5. The van der Waals surface area contributed by atoms with Crippen LogP contribution in [0.4, 0.5) is 0 Å². The average molecular weight is 566 g/mol. The Bertz CT molecular complexity index is 1280. The van der Waals surface area contributed by atoms with E-state index in [1.165, 1.54) is 0 Å². The van der Waals surface area contributed by atoms with Gasteiger partial charge < -0.3 is 14.2 Å². The Morgan fingerprint density at radius 2 is 1.73 bits per heavy atom. The van der Waals surface area contributed by atoms with E-state index in [0.29, 0.717) is 29.3 Å². The van der Waals surface area contributed by atoms with Crippen LogP contribution in [-0.4, -0.2) is 34.5 Å². The van der Waals surface area contributed by atoms with Crippen LogP contribution in [0, 0.1) is 6.92 Å². The minimum Gasteiger partial charge on any atom is -0.497 e. The summed E-state index contributed by atoms with van der Waals surface area (Å²) in [7, 11) is -2.26. The van der Waals surface area contributed by atoms with Crippen LogP contribution in [0.1, 0.15) is 42.1 Å². The predicted octanol–water partition coefficient (Wildman–Crippen LogP) is 6.91. The van der Waals surface area contributed by atoms with Gasteiger partial charge in [-0.3, -0.25) is 4.18 Å². The molecule has 1 aliphatic rings. The zero-order valence-corrected chi connectivity index (χ0v) is 23.1. The molecule has 0 saturated carbocycles. The highest BCUT2D eigenvalue weighted by Crippen LogP contribution is 2.33. The van der Waals surface area contributed by atoms with E-state index in [1.807, 2.05) is 37.3 Å². The molecule has 0 N–H and O–H groups in total. The second-order valence-electron chi connectivity index (χ2n) is 9.01. The van der Waals surface area contributed by atoms with Crippen molar-refractivity contribution in [2.24, 2.45) is 0 Å². The fraction of sp³-hybridized carbons (Fsp3) is 0.357. The first-order valence-corrected chi connectivity index (χ1v) is 14.2. The quantitative estimate of drug-likeness (QED) is 0.249. The summed E-state index contributed by atoms with van der Waals surface area (Å²) in [5, 5.41) is 1.13. The number of hydrogen-bond donors (Lipinski definition) is 0. The summed E-state index contributed by atoms with van der Waals surface area (Å²) in [5.74, 6) is 0.743. The molecule has 0 bridgehead atoms. The fourth-order valence-corrected chi connectivity index (χ4v) is 5.58. The summed E-state index contributed by atoms with van der Waals surface area (Å²) >= 11 is 12.5. The van der Waals surface area contributed by atoms with Gasteiger partial charge in [0.15, 0.2) is 6.29 Å². The topological polar surface area (TPSA) is 71.1 Å². The first-order chi connectivity index (χ1) is 17.7. The normalized spacial score (nSPS) is 18.9. The molecule has 3 atom stereocenters. The van der Waals surface area contributed by atoms with Crippen molar-refractivity contribution < 1.29 is 26.8 Å². The van der Waals surface area contributed by atoms with Gasteiger partial charge in [0.25, 0.3) is 10.1 Å². The van der Waals surface area contributed by atoms with E-state index in [-0.39, 0.29) is 17.6 Å². The first kappa shape index (κ1) is 27.9. The lowest BCUT2D eigenvalue weighted by Gasteiger charge is -2.32. The third kappa shape index (κ3) is 7.69. The first-order valence-electron chi connectivity index (χ1n) is 12.1. The molecule has 198 valence electrons. The van der Waals surface area contributed by atoms with Crippen molar-refractivity contribution >= 4 is 33.3 Å². The Morgan fingerprint density at radius 3 is 2.41 bits per heavy atom. The van der Waals surface area contributed by atoms with Gasteiger partial charge in [0.05, 0.1) is 30.8 Å². The average Bonchev–Trinajstić information content (AvgIpc) is 2.89. The smallest absolute Gasteiger partial charge is 0.297 e. The number of methoxy groups -OCH3 is 1. The predicted molar refractivity (Wildman–Crippen MR) is 144 cm³/mol. The number of ether oxygens (including phenoxy) is 3. The third-order valence-corrected chi connectivity index (χ3v) is 8.14. The Hall–Kier alpha value is -2.13. The van der Waals surface area contributed by atoms with Gasteiger partial charge in [-0.2, -0.15) is 8.42 Å². The standard InChI is InChI=1S/C28H30Cl2O6S/c1-19-6-14-25(15-7-19)37(31,32)34-18-24-4-3-5-28(35-24)36-27(20-9-12-23(33-2)13-10-20)16-21-8-11-22(29)17-26(21)30/h6-15,17,24,27-28H,3-5,16,18H2,1-2H3/t24-,27?,28+/m1/s1. The van der Waals surface area contributed by atoms with Crippen LogP contribution in [0.25, 0.3) is 0 Å². The molecule has 0 aliphatic carbocycles. The van der Waals surface area contributed by atoms with Crippen LogP contribution in [0.3, 0.4) is 0 Å². The molecule has 1 unspecified atom stereocenters. The second kappa shape index (κ2) is 12.6. The Labute approximate surface area is 228 Å². The van der Waals surface area contributed by atoms with E-state index in [2.05, 4.69) is 0 Å². The summed E-state index contributed by atoms with van der Waals surface area (Å²) < 4.78 is 48.4. The van der Waals surface area contributed by atoms with Crippen molar-refractivity contribution in [2.75, 3.05) is 13.7 Å². The van der Waals surface area contributed by atoms with E-state index in [0.717, 1.165) is 28.9 Å². The highest BCUT2D eigenvalue weighted by atomic mass is 35.5. The third-order valence-electron chi connectivity index (χ3n) is 6.25. The van der Waals surface area contributed by atoms with Crippen LogP contribution < -0.4 is 4.74 Å². The van der Waals surface area contributed by atoms with Crippen molar-refractivity contribution in [3.63, 3.8) is 0 Å². The van der Waals surface area contributed by atoms with Crippen LogP contribution in [-0.2, 0) is 30.2 Å². The molecule has 6 nitrogen and oxygen atoms in total. The van der Waals surface area contributed by atoms with Gasteiger partial charge in [0.2, 0.25) is 0 Å². The summed E-state index contributed by atoms with van der Waals surface area (Å²) in [6.07, 6.45) is 1.40. The molecule has 0 spiro atoms. The molecular weight excluding hydrogens is 535 g/mol. The largest absolute Gasteiger partial charge is 0.497 e. The van der Waals surface area contributed by atoms with Crippen LogP contribution in [0.5, 0.6) is 5.75 Å². The molecule has 1 aliphatic heterocycles. The molecule has 9 heteroatoms. The number of benzene rings is 3. The van der Waals surface area contributed by atoms with Gasteiger partial charge in [0.1, 0.15) is 5.75 Å². The number of halogens is 2. The van der Waals surface area contributed by atoms with E-state index < -0.39 is 22.5 Å². The molecule has 3 aromatic rings. The molecule has 4 rings (SSSR count).